The first-order chi connectivity index (χ1) is 9.56. The molecule has 0 N–H and O–H groups in total. The minimum atomic E-state index is -0.0105. The summed E-state index contributed by atoms with van der Waals surface area (Å²) in [6.45, 7) is 6.48. The molecule has 2 heterocycles. The third-order valence-corrected chi connectivity index (χ3v) is 3.88. The second kappa shape index (κ2) is 4.74. The topological polar surface area (TPSA) is 59.2 Å². The fraction of sp³-hybridized carbons (Fsp3) is 0.400. The van der Waals surface area contributed by atoms with Crippen molar-refractivity contribution in [3.8, 4) is 0 Å². The molecular formula is C15H17N3O2. The van der Waals surface area contributed by atoms with Crippen molar-refractivity contribution in [2.24, 2.45) is 0 Å². The fourth-order valence-electron chi connectivity index (χ4n) is 2.61. The molecule has 1 aliphatic rings. The highest BCUT2D eigenvalue weighted by Gasteiger charge is 2.35. The normalized spacial score (nSPS) is 18.9. The van der Waals surface area contributed by atoms with Crippen LogP contribution in [0.15, 0.2) is 22.7 Å². The van der Waals surface area contributed by atoms with Crippen molar-refractivity contribution >= 4 is 11.6 Å². The van der Waals surface area contributed by atoms with Gasteiger partial charge in [-0.2, -0.15) is 4.98 Å². The molecule has 2 aromatic rings. The first-order valence-corrected chi connectivity index (χ1v) is 6.73. The predicted octanol–water partition coefficient (Wildman–Crippen LogP) is 2.52. The van der Waals surface area contributed by atoms with Crippen LogP contribution in [0.1, 0.15) is 35.2 Å². The Morgan fingerprint density at radius 2 is 2.10 bits per heavy atom. The first kappa shape index (κ1) is 12.8. The molecule has 3 rings (SSSR count). The molecule has 104 valence electrons. The summed E-state index contributed by atoms with van der Waals surface area (Å²) in [5.74, 6) is 1.27. The van der Waals surface area contributed by atoms with Gasteiger partial charge in [0, 0.05) is 18.7 Å². The van der Waals surface area contributed by atoms with E-state index in [0.29, 0.717) is 24.7 Å². The van der Waals surface area contributed by atoms with Crippen LogP contribution >= 0.6 is 0 Å². The van der Waals surface area contributed by atoms with Crippen molar-refractivity contribution in [1.29, 1.82) is 0 Å². The van der Waals surface area contributed by atoms with Crippen molar-refractivity contribution in [3.05, 3.63) is 41.0 Å². The van der Waals surface area contributed by atoms with E-state index in [-0.39, 0.29) is 11.8 Å². The number of amides is 1. The number of hydrogen-bond acceptors (Lipinski definition) is 4. The summed E-state index contributed by atoms with van der Waals surface area (Å²) in [4.78, 5) is 18.3. The highest BCUT2D eigenvalue weighted by atomic mass is 16.5. The van der Waals surface area contributed by atoms with E-state index in [1.807, 2.05) is 24.0 Å². The number of carbonyl (C=O) groups is 1. The van der Waals surface area contributed by atoms with Gasteiger partial charge in [-0.05, 0) is 38.0 Å². The minimum absolute atomic E-state index is 0.0105. The molecule has 1 aromatic heterocycles. The number of carbonyl (C=O) groups excluding carboxylic acids is 1. The number of rotatable bonds is 2. The van der Waals surface area contributed by atoms with Gasteiger partial charge in [-0.1, -0.05) is 17.3 Å². The molecule has 20 heavy (non-hydrogen) atoms. The number of anilines is 1. The first-order valence-electron chi connectivity index (χ1n) is 6.73. The van der Waals surface area contributed by atoms with Crippen LogP contribution in [0, 0.1) is 20.8 Å². The largest absolute Gasteiger partial charge is 0.339 e. The van der Waals surface area contributed by atoms with Crippen LogP contribution in [0.4, 0.5) is 5.69 Å². The van der Waals surface area contributed by atoms with Crippen LogP contribution in [0.25, 0.3) is 0 Å². The van der Waals surface area contributed by atoms with E-state index >= 15 is 0 Å². The molecule has 1 atom stereocenters. The Morgan fingerprint density at radius 1 is 1.30 bits per heavy atom. The lowest BCUT2D eigenvalue weighted by molar-refractivity contribution is -0.117. The second-order valence-electron chi connectivity index (χ2n) is 5.30. The Balaban J connectivity index is 1.89. The van der Waals surface area contributed by atoms with Crippen LogP contribution in [0.2, 0.25) is 0 Å². The van der Waals surface area contributed by atoms with Crippen molar-refractivity contribution < 1.29 is 9.32 Å². The summed E-state index contributed by atoms with van der Waals surface area (Å²) >= 11 is 0. The van der Waals surface area contributed by atoms with Gasteiger partial charge in [-0.25, -0.2) is 0 Å². The van der Waals surface area contributed by atoms with E-state index in [1.165, 1.54) is 5.56 Å². The molecule has 0 radical (unpaired) electrons. The third kappa shape index (κ3) is 2.09. The summed E-state index contributed by atoms with van der Waals surface area (Å²) in [6, 6.07) is 6.02. The summed E-state index contributed by atoms with van der Waals surface area (Å²) < 4.78 is 5.19. The van der Waals surface area contributed by atoms with E-state index < -0.39 is 0 Å². The quantitative estimate of drug-likeness (QED) is 0.842. The molecule has 0 aliphatic carbocycles. The Bertz CT molecular complexity index is 663. The zero-order valence-corrected chi connectivity index (χ0v) is 11.9. The monoisotopic (exact) mass is 271 g/mol. The highest BCUT2D eigenvalue weighted by Crippen LogP contribution is 2.33. The molecule has 1 amide bonds. The molecular weight excluding hydrogens is 254 g/mol. The summed E-state index contributed by atoms with van der Waals surface area (Å²) in [7, 11) is 0. The highest BCUT2D eigenvalue weighted by molar-refractivity contribution is 5.97. The Kier molecular flexibility index (Phi) is 3.04. The lowest BCUT2D eigenvalue weighted by Crippen LogP contribution is -2.25. The Labute approximate surface area is 117 Å². The maximum atomic E-state index is 12.3. The number of aromatic nitrogens is 2. The summed E-state index contributed by atoms with van der Waals surface area (Å²) in [6.07, 6.45) is 0.426. The minimum Gasteiger partial charge on any atom is -0.339 e. The zero-order chi connectivity index (χ0) is 14.3. The zero-order valence-electron chi connectivity index (χ0n) is 11.9. The fourth-order valence-corrected chi connectivity index (χ4v) is 2.61. The molecule has 1 aliphatic heterocycles. The molecule has 5 nitrogen and oxygen atoms in total. The average molecular weight is 271 g/mol. The van der Waals surface area contributed by atoms with E-state index in [9.17, 15) is 4.79 Å². The van der Waals surface area contributed by atoms with E-state index in [2.05, 4.69) is 23.1 Å². The molecule has 0 saturated carbocycles. The molecule has 1 saturated heterocycles. The third-order valence-electron chi connectivity index (χ3n) is 3.88. The smallest absolute Gasteiger partial charge is 0.232 e. The van der Waals surface area contributed by atoms with Gasteiger partial charge in [0.15, 0.2) is 5.82 Å². The SMILES string of the molecule is Cc1noc(C2CC(=O)N(c3cccc(C)c3C)C2)n1. The van der Waals surface area contributed by atoms with Gasteiger partial charge in [-0.3, -0.25) is 4.79 Å². The Morgan fingerprint density at radius 3 is 2.80 bits per heavy atom. The molecule has 0 spiro atoms. The second-order valence-corrected chi connectivity index (χ2v) is 5.30. The maximum Gasteiger partial charge on any atom is 0.232 e. The van der Waals surface area contributed by atoms with Crippen LogP contribution in [0.5, 0.6) is 0 Å². The summed E-state index contributed by atoms with van der Waals surface area (Å²) in [5, 5.41) is 3.80. The van der Waals surface area contributed by atoms with Crippen molar-refractivity contribution in [2.75, 3.05) is 11.4 Å². The van der Waals surface area contributed by atoms with Gasteiger partial charge in [0.25, 0.3) is 0 Å². The average Bonchev–Trinajstić information content (AvgIpc) is 2.99. The number of hydrogen-bond donors (Lipinski definition) is 0. The van der Waals surface area contributed by atoms with E-state index in [1.54, 1.807) is 6.92 Å². The van der Waals surface area contributed by atoms with Gasteiger partial charge in [0.05, 0.1) is 5.92 Å². The molecule has 0 bridgehead atoms. The molecule has 1 fully saturated rings. The molecule has 1 aromatic carbocycles. The molecule has 5 heteroatoms. The Hall–Kier alpha value is -2.17. The van der Waals surface area contributed by atoms with Gasteiger partial charge in [0.2, 0.25) is 11.8 Å². The van der Waals surface area contributed by atoms with Gasteiger partial charge in [0.1, 0.15) is 0 Å². The summed E-state index contributed by atoms with van der Waals surface area (Å²) in [5.41, 5.74) is 3.31. The lowest BCUT2D eigenvalue weighted by Gasteiger charge is -2.19. The van der Waals surface area contributed by atoms with Crippen LogP contribution in [-0.2, 0) is 4.79 Å². The van der Waals surface area contributed by atoms with Crippen molar-refractivity contribution in [3.63, 3.8) is 0 Å². The number of nitrogens with zero attached hydrogens (tertiary/aromatic N) is 3. The van der Waals surface area contributed by atoms with Crippen molar-refractivity contribution in [1.82, 2.24) is 10.1 Å². The lowest BCUT2D eigenvalue weighted by atomic mass is 10.1. The van der Waals surface area contributed by atoms with Gasteiger partial charge < -0.3 is 9.42 Å². The van der Waals surface area contributed by atoms with Crippen LogP contribution in [0.3, 0.4) is 0 Å². The standard InChI is InChI=1S/C15H17N3O2/c1-9-5-4-6-13(10(9)2)18-8-12(7-14(18)19)15-16-11(3)17-20-15/h4-6,12H,7-8H2,1-3H3. The van der Waals surface area contributed by atoms with E-state index in [4.69, 9.17) is 4.52 Å². The van der Waals surface area contributed by atoms with Crippen molar-refractivity contribution in [2.45, 2.75) is 33.1 Å². The van der Waals surface area contributed by atoms with Gasteiger partial charge in [-0.15, -0.1) is 0 Å². The van der Waals surface area contributed by atoms with Crippen LogP contribution < -0.4 is 4.90 Å². The number of benzene rings is 1. The van der Waals surface area contributed by atoms with Crippen LogP contribution in [-0.4, -0.2) is 22.6 Å². The number of aryl methyl sites for hydroxylation is 2. The van der Waals surface area contributed by atoms with E-state index in [0.717, 1.165) is 11.3 Å². The maximum absolute atomic E-state index is 12.3. The van der Waals surface area contributed by atoms with Gasteiger partial charge >= 0.3 is 0 Å². The predicted molar refractivity (Wildman–Crippen MR) is 74.7 cm³/mol. The molecule has 1 unspecified atom stereocenters.